The van der Waals surface area contributed by atoms with Crippen LogP contribution in [0.5, 0.6) is 5.75 Å². The van der Waals surface area contributed by atoms with Gasteiger partial charge in [-0.15, -0.1) is 0 Å². The van der Waals surface area contributed by atoms with Gasteiger partial charge in [0.15, 0.2) is 0 Å². The van der Waals surface area contributed by atoms with Crippen molar-refractivity contribution in [3.05, 3.63) is 65.7 Å². The van der Waals surface area contributed by atoms with E-state index in [9.17, 15) is 5.11 Å². The summed E-state index contributed by atoms with van der Waals surface area (Å²) in [7, 11) is 0. The van der Waals surface area contributed by atoms with E-state index in [2.05, 4.69) is 37.3 Å². The van der Waals surface area contributed by atoms with E-state index in [1.165, 1.54) is 11.1 Å². The highest BCUT2D eigenvalue weighted by Gasteiger charge is 2.06. The van der Waals surface area contributed by atoms with Gasteiger partial charge in [-0.1, -0.05) is 49.4 Å². The molecule has 1 unspecified atom stereocenters. The van der Waals surface area contributed by atoms with Crippen molar-refractivity contribution in [2.75, 3.05) is 0 Å². The predicted octanol–water partition coefficient (Wildman–Crippen LogP) is 3.74. The van der Waals surface area contributed by atoms with Gasteiger partial charge in [-0.2, -0.15) is 0 Å². The van der Waals surface area contributed by atoms with Gasteiger partial charge in [0.2, 0.25) is 0 Å². The zero-order valence-corrected chi connectivity index (χ0v) is 9.43. The minimum Gasteiger partial charge on any atom is -0.508 e. The van der Waals surface area contributed by atoms with Crippen molar-refractivity contribution in [1.29, 1.82) is 0 Å². The van der Waals surface area contributed by atoms with Crippen LogP contribution in [0.15, 0.2) is 54.6 Å². The first-order valence-corrected chi connectivity index (χ1v) is 5.58. The Hall–Kier alpha value is -1.76. The van der Waals surface area contributed by atoms with E-state index in [1.807, 2.05) is 18.2 Å². The summed E-state index contributed by atoms with van der Waals surface area (Å²) >= 11 is 0. The van der Waals surface area contributed by atoms with Crippen molar-refractivity contribution >= 4 is 0 Å². The Labute approximate surface area is 96.4 Å². The van der Waals surface area contributed by atoms with Crippen LogP contribution < -0.4 is 0 Å². The fourth-order valence-electron chi connectivity index (χ4n) is 1.92. The van der Waals surface area contributed by atoms with Gasteiger partial charge in [0, 0.05) is 0 Å². The Morgan fingerprint density at radius 2 is 1.75 bits per heavy atom. The van der Waals surface area contributed by atoms with Crippen LogP contribution in [0.4, 0.5) is 0 Å². The number of benzene rings is 2. The average molecular weight is 212 g/mol. The van der Waals surface area contributed by atoms with Crippen LogP contribution in [-0.4, -0.2) is 5.11 Å². The molecule has 0 aliphatic rings. The van der Waals surface area contributed by atoms with Crippen molar-refractivity contribution in [3.8, 4) is 5.75 Å². The maximum atomic E-state index is 9.43. The highest BCUT2D eigenvalue weighted by atomic mass is 16.3. The number of rotatable bonds is 3. The highest BCUT2D eigenvalue weighted by molar-refractivity contribution is 5.30. The third-order valence-electron chi connectivity index (χ3n) is 2.82. The lowest BCUT2D eigenvalue weighted by Gasteiger charge is -2.12. The lowest BCUT2D eigenvalue weighted by atomic mass is 9.94. The lowest BCUT2D eigenvalue weighted by molar-refractivity contribution is 0.474. The predicted molar refractivity (Wildman–Crippen MR) is 66.7 cm³/mol. The van der Waals surface area contributed by atoms with E-state index in [-0.39, 0.29) is 0 Å². The minimum absolute atomic E-state index is 0.345. The van der Waals surface area contributed by atoms with Crippen LogP contribution in [-0.2, 0) is 6.42 Å². The van der Waals surface area contributed by atoms with Gasteiger partial charge in [-0.25, -0.2) is 0 Å². The summed E-state index contributed by atoms with van der Waals surface area (Å²) in [6, 6.07) is 17.9. The van der Waals surface area contributed by atoms with Gasteiger partial charge in [-0.3, -0.25) is 0 Å². The molecule has 0 amide bonds. The van der Waals surface area contributed by atoms with Gasteiger partial charge in [-0.05, 0) is 35.6 Å². The van der Waals surface area contributed by atoms with E-state index in [0.717, 1.165) is 6.42 Å². The maximum Gasteiger partial charge on any atom is 0.115 e. The first-order valence-electron chi connectivity index (χ1n) is 5.58. The Bertz CT molecular complexity index is 448. The van der Waals surface area contributed by atoms with Crippen LogP contribution >= 0.6 is 0 Å². The van der Waals surface area contributed by atoms with Crippen molar-refractivity contribution in [3.63, 3.8) is 0 Å². The third-order valence-corrected chi connectivity index (χ3v) is 2.82. The lowest BCUT2D eigenvalue weighted by Crippen LogP contribution is -1.97. The first kappa shape index (κ1) is 10.7. The Balaban J connectivity index is 2.12. The normalized spacial score (nSPS) is 12.3. The number of aromatic hydroxyl groups is 1. The van der Waals surface area contributed by atoms with Crippen LogP contribution in [0, 0.1) is 0 Å². The van der Waals surface area contributed by atoms with Gasteiger partial charge in [0.1, 0.15) is 5.75 Å². The summed E-state index contributed by atoms with van der Waals surface area (Å²) in [5.41, 5.74) is 2.52. The fraction of sp³-hybridized carbons (Fsp3) is 0.200. The topological polar surface area (TPSA) is 20.2 Å². The summed E-state index contributed by atoms with van der Waals surface area (Å²) in [6.45, 7) is 2.18. The zero-order valence-electron chi connectivity index (χ0n) is 9.43. The van der Waals surface area contributed by atoms with E-state index in [0.29, 0.717) is 11.7 Å². The van der Waals surface area contributed by atoms with Crippen LogP contribution in [0.2, 0.25) is 0 Å². The van der Waals surface area contributed by atoms with Crippen LogP contribution in [0.3, 0.4) is 0 Å². The zero-order chi connectivity index (χ0) is 11.4. The van der Waals surface area contributed by atoms with Crippen LogP contribution in [0.1, 0.15) is 24.0 Å². The minimum atomic E-state index is 0.345. The van der Waals surface area contributed by atoms with E-state index >= 15 is 0 Å². The van der Waals surface area contributed by atoms with E-state index in [1.54, 1.807) is 6.07 Å². The molecule has 82 valence electrons. The number of hydrogen-bond donors (Lipinski definition) is 1. The molecule has 16 heavy (non-hydrogen) atoms. The van der Waals surface area contributed by atoms with Gasteiger partial charge < -0.3 is 5.11 Å². The molecule has 0 spiro atoms. The molecular weight excluding hydrogens is 196 g/mol. The largest absolute Gasteiger partial charge is 0.508 e. The molecule has 0 aliphatic carbocycles. The fourth-order valence-corrected chi connectivity index (χ4v) is 1.92. The molecule has 1 atom stereocenters. The summed E-state index contributed by atoms with van der Waals surface area (Å²) < 4.78 is 0. The number of hydrogen-bond acceptors (Lipinski definition) is 1. The van der Waals surface area contributed by atoms with Gasteiger partial charge in [0.25, 0.3) is 0 Å². The molecule has 2 aromatic rings. The molecule has 1 nitrogen and oxygen atoms in total. The SMILES string of the molecule is CC(Cc1ccccc1)c1cccc(O)c1. The average Bonchev–Trinajstić information content (AvgIpc) is 2.30. The van der Waals surface area contributed by atoms with E-state index < -0.39 is 0 Å². The summed E-state index contributed by atoms with van der Waals surface area (Å²) in [6.07, 6.45) is 1.00. The molecule has 1 N–H and O–H groups in total. The molecule has 0 saturated carbocycles. The first-order chi connectivity index (χ1) is 7.75. The van der Waals surface area contributed by atoms with Crippen molar-refractivity contribution in [2.24, 2.45) is 0 Å². The second kappa shape index (κ2) is 4.84. The monoisotopic (exact) mass is 212 g/mol. The van der Waals surface area contributed by atoms with E-state index in [4.69, 9.17) is 0 Å². The molecule has 0 aliphatic heterocycles. The standard InChI is InChI=1S/C15H16O/c1-12(10-13-6-3-2-4-7-13)14-8-5-9-15(16)11-14/h2-9,11-12,16H,10H2,1H3. The van der Waals surface area contributed by atoms with Crippen LogP contribution in [0.25, 0.3) is 0 Å². The summed E-state index contributed by atoms with van der Waals surface area (Å²) in [5, 5.41) is 9.43. The maximum absolute atomic E-state index is 9.43. The van der Waals surface area contributed by atoms with Crippen molar-refractivity contribution in [1.82, 2.24) is 0 Å². The summed E-state index contributed by atoms with van der Waals surface area (Å²) in [4.78, 5) is 0. The number of phenolic OH excluding ortho intramolecular Hbond substituents is 1. The second-order valence-corrected chi connectivity index (χ2v) is 4.19. The third kappa shape index (κ3) is 2.63. The number of phenols is 1. The molecule has 0 aromatic heterocycles. The Morgan fingerprint density at radius 3 is 2.44 bits per heavy atom. The Kier molecular flexibility index (Phi) is 3.25. The molecule has 0 heterocycles. The molecule has 2 rings (SSSR count). The smallest absolute Gasteiger partial charge is 0.115 e. The molecular formula is C15H16O. The molecule has 1 heteroatoms. The van der Waals surface area contributed by atoms with Crippen molar-refractivity contribution < 1.29 is 5.11 Å². The van der Waals surface area contributed by atoms with Gasteiger partial charge in [0.05, 0.1) is 0 Å². The Morgan fingerprint density at radius 1 is 1.00 bits per heavy atom. The molecule has 2 aromatic carbocycles. The molecule has 0 radical (unpaired) electrons. The quantitative estimate of drug-likeness (QED) is 0.821. The molecule has 0 bridgehead atoms. The second-order valence-electron chi connectivity index (χ2n) is 4.19. The molecule has 0 fully saturated rings. The summed E-state index contributed by atoms with van der Waals surface area (Å²) in [5.74, 6) is 0.770. The van der Waals surface area contributed by atoms with Gasteiger partial charge >= 0.3 is 0 Å². The van der Waals surface area contributed by atoms with Crippen molar-refractivity contribution in [2.45, 2.75) is 19.3 Å². The molecule has 0 saturated heterocycles. The highest BCUT2D eigenvalue weighted by Crippen LogP contribution is 2.23.